The van der Waals surface area contributed by atoms with Crippen molar-refractivity contribution >= 4 is 5.97 Å². The summed E-state index contributed by atoms with van der Waals surface area (Å²) in [4.78, 5) is 10.6. The van der Waals surface area contributed by atoms with E-state index in [9.17, 15) is 9.90 Å². The third kappa shape index (κ3) is 1.83. The summed E-state index contributed by atoms with van der Waals surface area (Å²) < 4.78 is 0. The lowest BCUT2D eigenvalue weighted by atomic mass is 10.1. The van der Waals surface area contributed by atoms with Crippen LogP contribution in [0.25, 0.3) is 0 Å². The van der Waals surface area contributed by atoms with Crippen LogP contribution in [-0.4, -0.2) is 13.0 Å². The SMILES string of the molecule is CNCc1ccccc1C(=O)[O-]. The van der Waals surface area contributed by atoms with Gasteiger partial charge in [0.2, 0.25) is 0 Å². The second-order valence-corrected chi connectivity index (χ2v) is 2.47. The van der Waals surface area contributed by atoms with Crippen molar-refractivity contribution in [2.24, 2.45) is 0 Å². The molecule has 0 unspecified atom stereocenters. The smallest absolute Gasteiger partial charge is 0.0718 e. The van der Waals surface area contributed by atoms with Gasteiger partial charge in [-0.2, -0.15) is 0 Å². The van der Waals surface area contributed by atoms with Gasteiger partial charge in [0.05, 0.1) is 5.97 Å². The zero-order valence-electron chi connectivity index (χ0n) is 6.83. The maximum absolute atomic E-state index is 10.6. The van der Waals surface area contributed by atoms with Crippen molar-refractivity contribution in [3.8, 4) is 0 Å². The highest BCUT2D eigenvalue weighted by Crippen LogP contribution is 2.06. The van der Waals surface area contributed by atoms with Crippen LogP contribution in [0.15, 0.2) is 24.3 Å². The number of carbonyl (C=O) groups excluding carboxylic acids is 1. The van der Waals surface area contributed by atoms with E-state index in [1.54, 1.807) is 31.3 Å². The van der Waals surface area contributed by atoms with Crippen molar-refractivity contribution in [3.05, 3.63) is 35.4 Å². The average Bonchev–Trinajstić information content (AvgIpc) is 2.05. The zero-order chi connectivity index (χ0) is 8.97. The topological polar surface area (TPSA) is 52.2 Å². The lowest BCUT2D eigenvalue weighted by molar-refractivity contribution is -0.255. The fourth-order valence-corrected chi connectivity index (χ4v) is 1.06. The first kappa shape index (κ1) is 8.74. The normalized spacial score (nSPS) is 9.75. The molecule has 0 aromatic heterocycles. The Hall–Kier alpha value is -1.35. The van der Waals surface area contributed by atoms with E-state index in [1.165, 1.54) is 0 Å². The fourth-order valence-electron chi connectivity index (χ4n) is 1.06. The second-order valence-electron chi connectivity index (χ2n) is 2.47. The highest BCUT2D eigenvalue weighted by molar-refractivity contribution is 5.87. The molecule has 3 nitrogen and oxygen atoms in total. The van der Waals surface area contributed by atoms with E-state index < -0.39 is 5.97 Å². The Balaban J connectivity index is 3.00. The van der Waals surface area contributed by atoms with Gasteiger partial charge in [-0.05, 0) is 12.6 Å². The van der Waals surface area contributed by atoms with Gasteiger partial charge in [0.25, 0.3) is 0 Å². The van der Waals surface area contributed by atoms with Crippen LogP contribution in [0.2, 0.25) is 0 Å². The van der Waals surface area contributed by atoms with Crippen LogP contribution in [0.4, 0.5) is 0 Å². The van der Waals surface area contributed by atoms with Gasteiger partial charge in [0, 0.05) is 12.1 Å². The first-order chi connectivity index (χ1) is 5.75. The van der Waals surface area contributed by atoms with Crippen molar-refractivity contribution < 1.29 is 9.90 Å². The molecule has 0 aliphatic heterocycles. The molecule has 1 rings (SSSR count). The number of rotatable bonds is 3. The lowest BCUT2D eigenvalue weighted by Gasteiger charge is -2.08. The van der Waals surface area contributed by atoms with Crippen LogP contribution < -0.4 is 10.4 Å². The summed E-state index contributed by atoms with van der Waals surface area (Å²) in [6.07, 6.45) is 0. The number of aromatic carboxylic acids is 1. The van der Waals surface area contributed by atoms with E-state index >= 15 is 0 Å². The van der Waals surface area contributed by atoms with Crippen molar-refractivity contribution in [3.63, 3.8) is 0 Å². The largest absolute Gasteiger partial charge is 0.545 e. The molecule has 0 saturated heterocycles. The van der Waals surface area contributed by atoms with Gasteiger partial charge in [-0.15, -0.1) is 0 Å². The fraction of sp³-hybridized carbons (Fsp3) is 0.222. The molecule has 64 valence electrons. The van der Waals surface area contributed by atoms with E-state index in [2.05, 4.69) is 5.32 Å². The summed E-state index contributed by atoms with van der Waals surface area (Å²) in [5, 5.41) is 13.4. The molecule has 0 bridgehead atoms. The first-order valence-electron chi connectivity index (χ1n) is 3.69. The Morgan fingerprint density at radius 3 is 2.75 bits per heavy atom. The number of hydrogen-bond acceptors (Lipinski definition) is 3. The van der Waals surface area contributed by atoms with E-state index in [1.807, 2.05) is 0 Å². The van der Waals surface area contributed by atoms with Gasteiger partial charge in [-0.1, -0.05) is 24.3 Å². The molecule has 0 amide bonds. The molecule has 0 spiro atoms. The van der Waals surface area contributed by atoms with Crippen molar-refractivity contribution in [1.82, 2.24) is 5.32 Å². The van der Waals surface area contributed by atoms with Crippen LogP contribution in [-0.2, 0) is 6.54 Å². The number of carbonyl (C=O) groups is 1. The molecule has 1 aromatic rings. The van der Waals surface area contributed by atoms with Crippen LogP contribution in [0.1, 0.15) is 15.9 Å². The Labute approximate surface area is 71.0 Å². The number of benzene rings is 1. The minimum Gasteiger partial charge on any atom is -0.545 e. The van der Waals surface area contributed by atoms with Crippen molar-refractivity contribution in [2.45, 2.75) is 6.54 Å². The van der Waals surface area contributed by atoms with Gasteiger partial charge < -0.3 is 15.2 Å². The van der Waals surface area contributed by atoms with Gasteiger partial charge in [-0.25, -0.2) is 0 Å². The highest BCUT2D eigenvalue weighted by atomic mass is 16.4. The van der Waals surface area contributed by atoms with Crippen LogP contribution in [0.5, 0.6) is 0 Å². The maximum Gasteiger partial charge on any atom is 0.0718 e. The molecule has 1 N–H and O–H groups in total. The summed E-state index contributed by atoms with van der Waals surface area (Å²) in [5.74, 6) is -1.12. The molecule has 0 atom stereocenters. The van der Waals surface area contributed by atoms with E-state index in [4.69, 9.17) is 0 Å². The third-order valence-electron chi connectivity index (χ3n) is 1.60. The summed E-state index contributed by atoms with van der Waals surface area (Å²) in [7, 11) is 1.77. The standard InChI is InChI=1S/C9H11NO2/c1-10-6-7-4-2-3-5-8(7)9(11)12/h2-5,10H,6H2,1H3,(H,11,12)/p-1. The lowest BCUT2D eigenvalue weighted by Crippen LogP contribution is -2.24. The van der Waals surface area contributed by atoms with Crippen LogP contribution in [0.3, 0.4) is 0 Å². The Morgan fingerprint density at radius 1 is 1.50 bits per heavy atom. The van der Waals surface area contributed by atoms with Gasteiger partial charge in [-0.3, -0.25) is 0 Å². The molecule has 0 heterocycles. The van der Waals surface area contributed by atoms with Gasteiger partial charge in [0.15, 0.2) is 0 Å². The predicted octanol–water partition coefficient (Wildman–Crippen LogP) is -0.230. The molecular weight excluding hydrogens is 154 g/mol. The summed E-state index contributed by atoms with van der Waals surface area (Å²) >= 11 is 0. The molecule has 0 fully saturated rings. The molecule has 1 aromatic carbocycles. The molecular formula is C9H10NO2-. The molecule has 3 heteroatoms. The monoisotopic (exact) mass is 164 g/mol. The molecule has 0 radical (unpaired) electrons. The first-order valence-corrected chi connectivity index (χ1v) is 3.69. The molecule has 0 aliphatic rings. The zero-order valence-corrected chi connectivity index (χ0v) is 6.83. The van der Waals surface area contributed by atoms with Crippen molar-refractivity contribution in [2.75, 3.05) is 7.05 Å². The Kier molecular flexibility index (Phi) is 2.82. The Bertz CT molecular complexity index is 284. The number of carboxylic acids is 1. The van der Waals surface area contributed by atoms with E-state index in [0.717, 1.165) is 5.56 Å². The summed E-state index contributed by atoms with van der Waals surface area (Å²) in [6, 6.07) is 6.80. The predicted molar refractivity (Wildman–Crippen MR) is 43.5 cm³/mol. The highest BCUT2D eigenvalue weighted by Gasteiger charge is 1.99. The second kappa shape index (κ2) is 3.88. The van der Waals surface area contributed by atoms with Crippen molar-refractivity contribution in [1.29, 1.82) is 0 Å². The Morgan fingerprint density at radius 2 is 2.17 bits per heavy atom. The van der Waals surface area contributed by atoms with Gasteiger partial charge in [0.1, 0.15) is 0 Å². The number of carboxylic acid groups (broad SMARTS) is 1. The molecule has 12 heavy (non-hydrogen) atoms. The summed E-state index contributed by atoms with van der Waals surface area (Å²) in [6.45, 7) is 0.546. The maximum atomic E-state index is 10.6. The van der Waals surface area contributed by atoms with Crippen LogP contribution >= 0.6 is 0 Å². The third-order valence-corrected chi connectivity index (χ3v) is 1.60. The van der Waals surface area contributed by atoms with Gasteiger partial charge >= 0.3 is 0 Å². The average molecular weight is 164 g/mol. The molecule has 0 aliphatic carbocycles. The summed E-state index contributed by atoms with van der Waals surface area (Å²) in [5.41, 5.74) is 1.01. The van der Waals surface area contributed by atoms with E-state index in [0.29, 0.717) is 6.54 Å². The minimum absolute atomic E-state index is 0.256. The quantitative estimate of drug-likeness (QED) is 0.671. The minimum atomic E-state index is -1.12. The number of hydrogen-bond donors (Lipinski definition) is 1. The number of nitrogens with one attached hydrogen (secondary N) is 1. The van der Waals surface area contributed by atoms with Crippen LogP contribution in [0, 0.1) is 0 Å². The van der Waals surface area contributed by atoms with E-state index in [-0.39, 0.29) is 5.56 Å². The molecule has 0 saturated carbocycles.